The molecule has 2 rings (SSSR count). The van der Waals surface area contributed by atoms with Crippen molar-refractivity contribution in [3.8, 4) is 0 Å². The summed E-state index contributed by atoms with van der Waals surface area (Å²) >= 11 is 0. The van der Waals surface area contributed by atoms with E-state index < -0.39 is 0 Å². The van der Waals surface area contributed by atoms with Crippen LogP contribution in [-0.4, -0.2) is 13.2 Å². The summed E-state index contributed by atoms with van der Waals surface area (Å²) in [6.45, 7) is 7.67. The summed E-state index contributed by atoms with van der Waals surface area (Å²) in [4.78, 5) is 0. The zero-order valence-corrected chi connectivity index (χ0v) is 11.6. The average molecular weight is 261 g/mol. The van der Waals surface area contributed by atoms with Crippen molar-refractivity contribution in [2.45, 2.75) is 31.6 Å². The maximum Gasteiger partial charge on any atom is 0.123 e. The molecule has 2 unspecified atom stereocenters. The van der Waals surface area contributed by atoms with Crippen LogP contribution in [0.15, 0.2) is 36.4 Å². The van der Waals surface area contributed by atoms with Gasteiger partial charge in [-0.2, -0.15) is 0 Å². The van der Waals surface area contributed by atoms with Crippen molar-refractivity contribution >= 4 is 0 Å². The summed E-state index contributed by atoms with van der Waals surface area (Å²) < 4.78 is 18.8. The van der Waals surface area contributed by atoms with E-state index in [1.807, 2.05) is 18.2 Å². The van der Waals surface area contributed by atoms with Gasteiger partial charge in [-0.25, -0.2) is 4.39 Å². The van der Waals surface area contributed by atoms with E-state index >= 15 is 0 Å². The molecule has 19 heavy (non-hydrogen) atoms. The van der Waals surface area contributed by atoms with Crippen molar-refractivity contribution in [2.24, 2.45) is 5.92 Å². The lowest BCUT2D eigenvalue weighted by Gasteiger charge is -2.40. The van der Waals surface area contributed by atoms with Gasteiger partial charge in [-0.05, 0) is 49.8 Å². The fourth-order valence-electron chi connectivity index (χ4n) is 3.20. The van der Waals surface area contributed by atoms with E-state index in [0.717, 1.165) is 38.0 Å². The molecule has 1 aliphatic rings. The molecule has 0 amide bonds. The van der Waals surface area contributed by atoms with E-state index in [9.17, 15) is 4.39 Å². The molecule has 0 saturated carbocycles. The van der Waals surface area contributed by atoms with Crippen LogP contribution in [0.2, 0.25) is 0 Å². The van der Waals surface area contributed by atoms with Crippen LogP contribution in [0, 0.1) is 18.7 Å². The Morgan fingerprint density at radius 3 is 2.68 bits per heavy atom. The highest BCUT2D eigenvalue weighted by Gasteiger charge is 2.37. The third-order valence-corrected chi connectivity index (χ3v) is 4.27. The Bertz CT molecular complexity index is 417. The fourth-order valence-corrected chi connectivity index (χ4v) is 3.20. The van der Waals surface area contributed by atoms with Crippen molar-refractivity contribution in [1.82, 2.24) is 0 Å². The Balaban J connectivity index is 2.40. The lowest BCUT2D eigenvalue weighted by atomic mass is 9.66. The Labute approximate surface area is 115 Å². The van der Waals surface area contributed by atoms with Crippen LogP contribution in [0.25, 0.3) is 0 Å². The lowest BCUT2D eigenvalue weighted by Crippen LogP contribution is -2.38. The van der Waals surface area contributed by atoms with Gasteiger partial charge in [0.1, 0.15) is 5.82 Å². The minimum atomic E-state index is -0.188. The molecule has 0 spiro atoms. The largest absolute Gasteiger partial charge is 0.381 e. The molecule has 103 valence electrons. The quantitative estimate of drug-likeness (QED) is 0.785. The zero-order valence-electron chi connectivity index (χ0n) is 11.6. The highest BCUT2D eigenvalue weighted by molar-refractivity contribution is 5.33. The molecule has 1 aromatic carbocycles. The van der Waals surface area contributed by atoms with Crippen molar-refractivity contribution in [2.75, 3.05) is 13.2 Å². The van der Waals surface area contributed by atoms with Crippen LogP contribution in [0.4, 0.5) is 4.39 Å². The maximum absolute atomic E-state index is 13.2. The Morgan fingerprint density at radius 1 is 1.42 bits per heavy atom. The summed E-state index contributed by atoms with van der Waals surface area (Å²) in [7, 11) is 0. The van der Waals surface area contributed by atoms with E-state index in [4.69, 9.17) is 4.74 Å². The number of hydrogen-bond acceptors (Lipinski definition) is 1. The highest BCUT2D eigenvalue weighted by Crippen LogP contribution is 2.41. The van der Waals surface area contributed by atoms with Gasteiger partial charge in [-0.1, -0.05) is 31.2 Å². The van der Waals surface area contributed by atoms with E-state index in [0.29, 0.717) is 5.92 Å². The van der Waals surface area contributed by atoms with Crippen molar-refractivity contribution in [3.05, 3.63) is 54.7 Å². The van der Waals surface area contributed by atoms with Gasteiger partial charge in [0.2, 0.25) is 0 Å². The van der Waals surface area contributed by atoms with Crippen LogP contribution in [0.1, 0.15) is 31.7 Å². The summed E-state index contributed by atoms with van der Waals surface area (Å²) in [6, 6.07) is 6.88. The summed E-state index contributed by atoms with van der Waals surface area (Å²) in [5, 5.41) is 0. The van der Waals surface area contributed by atoms with E-state index in [1.165, 1.54) is 0 Å². The molecule has 2 heteroatoms. The second-order valence-corrected chi connectivity index (χ2v) is 5.22. The predicted molar refractivity (Wildman–Crippen MR) is 76.4 cm³/mol. The second kappa shape index (κ2) is 6.33. The third-order valence-electron chi connectivity index (χ3n) is 4.27. The van der Waals surface area contributed by atoms with Crippen LogP contribution in [0.3, 0.4) is 0 Å². The first-order valence-electron chi connectivity index (χ1n) is 7.03. The molecule has 1 aliphatic heterocycles. The minimum Gasteiger partial charge on any atom is -0.381 e. The molecule has 0 aliphatic carbocycles. The highest BCUT2D eigenvalue weighted by atomic mass is 19.1. The summed E-state index contributed by atoms with van der Waals surface area (Å²) in [6.07, 6.45) is 7.24. The average Bonchev–Trinajstić information content (AvgIpc) is 2.47. The van der Waals surface area contributed by atoms with Gasteiger partial charge >= 0.3 is 0 Å². The smallest absolute Gasteiger partial charge is 0.123 e. The number of benzene rings is 1. The molecule has 1 radical (unpaired) electrons. The van der Waals surface area contributed by atoms with Gasteiger partial charge in [0.15, 0.2) is 0 Å². The molecule has 1 nitrogen and oxygen atoms in total. The maximum atomic E-state index is 13.2. The summed E-state index contributed by atoms with van der Waals surface area (Å²) in [5.74, 6) is 0.252. The standard InChI is InChI=1S/C17H22FO/c1-3-11-17(4-2,15-6-5-12-19-13-15)14-7-9-16(18)10-8-14/h3,7-11,15H,1,4-6,12-13H2,2H3. The molecule has 1 heterocycles. The minimum absolute atomic E-state index is 0.0874. The Kier molecular flexibility index (Phi) is 4.76. The topological polar surface area (TPSA) is 9.23 Å². The van der Waals surface area contributed by atoms with Crippen LogP contribution >= 0.6 is 0 Å². The molecule has 0 bridgehead atoms. The second-order valence-electron chi connectivity index (χ2n) is 5.22. The zero-order chi connectivity index (χ0) is 13.7. The monoisotopic (exact) mass is 261 g/mol. The van der Waals surface area contributed by atoms with Crippen LogP contribution in [0.5, 0.6) is 0 Å². The molecular formula is C17H22FO. The number of allylic oxidation sites excluding steroid dienone is 2. The molecule has 1 aromatic rings. The van der Waals surface area contributed by atoms with E-state index in [1.54, 1.807) is 12.1 Å². The van der Waals surface area contributed by atoms with Gasteiger partial charge in [0.05, 0.1) is 6.61 Å². The third kappa shape index (κ3) is 2.89. The first-order valence-corrected chi connectivity index (χ1v) is 7.03. The SMILES string of the molecule is [CH2]C=CC(CC)(c1ccc(F)cc1)C1CCCOC1. The molecular weight excluding hydrogens is 239 g/mol. The normalized spacial score (nSPS) is 23.4. The van der Waals surface area contributed by atoms with Gasteiger partial charge in [0.25, 0.3) is 0 Å². The van der Waals surface area contributed by atoms with Crippen molar-refractivity contribution < 1.29 is 9.13 Å². The Morgan fingerprint density at radius 2 is 2.16 bits per heavy atom. The van der Waals surface area contributed by atoms with Crippen LogP contribution < -0.4 is 0 Å². The molecule has 1 fully saturated rings. The predicted octanol–water partition coefficient (Wildman–Crippen LogP) is 4.29. The van der Waals surface area contributed by atoms with Crippen molar-refractivity contribution in [3.63, 3.8) is 0 Å². The molecule has 0 aromatic heterocycles. The number of hydrogen-bond donors (Lipinski definition) is 0. The molecule has 0 N–H and O–H groups in total. The first kappa shape index (κ1) is 14.3. The number of ether oxygens (including phenoxy) is 1. The van der Waals surface area contributed by atoms with Gasteiger partial charge < -0.3 is 4.74 Å². The lowest BCUT2D eigenvalue weighted by molar-refractivity contribution is 0.0287. The Hall–Kier alpha value is -1.15. The fraction of sp³-hybridized carbons (Fsp3) is 0.471. The van der Waals surface area contributed by atoms with Crippen molar-refractivity contribution in [1.29, 1.82) is 0 Å². The van der Waals surface area contributed by atoms with Gasteiger partial charge in [0, 0.05) is 12.0 Å². The van der Waals surface area contributed by atoms with E-state index in [2.05, 4.69) is 19.9 Å². The number of rotatable bonds is 4. The number of halogens is 1. The molecule has 2 atom stereocenters. The van der Waals surface area contributed by atoms with Crippen LogP contribution in [-0.2, 0) is 10.2 Å². The first-order chi connectivity index (χ1) is 9.23. The molecule has 1 saturated heterocycles. The van der Waals surface area contributed by atoms with E-state index in [-0.39, 0.29) is 11.2 Å². The van der Waals surface area contributed by atoms with Gasteiger partial charge in [-0.15, -0.1) is 0 Å². The summed E-state index contributed by atoms with van der Waals surface area (Å²) in [5.41, 5.74) is 1.07. The van der Waals surface area contributed by atoms with Gasteiger partial charge in [-0.3, -0.25) is 0 Å².